The summed E-state index contributed by atoms with van der Waals surface area (Å²) >= 11 is 0. The molecule has 1 aromatic heterocycles. The number of hydrogen-bond donors (Lipinski definition) is 2. The molecule has 3 rings (SSSR count). The van der Waals surface area contributed by atoms with Gasteiger partial charge in [-0.25, -0.2) is 4.98 Å². The predicted molar refractivity (Wildman–Crippen MR) is 127 cm³/mol. The fraction of sp³-hybridized carbons (Fsp3) is 0.370. The number of hydrogen-bond acceptors (Lipinski definition) is 2. The van der Waals surface area contributed by atoms with Crippen molar-refractivity contribution in [1.29, 1.82) is 0 Å². The van der Waals surface area contributed by atoms with E-state index >= 15 is 0 Å². The van der Waals surface area contributed by atoms with Crippen molar-refractivity contribution in [3.8, 4) is 11.8 Å². The van der Waals surface area contributed by atoms with Crippen LogP contribution in [-0.2, 0) is 6.54 Å². The van der Waals surface area contributed by atoms with Gasteiger partial charge in [0, 0.05) is 13.0 Å². The van der Waals surface area contributed by atoms with Crippen molar-refractivity contribution in [2.45, 2.75) is 52.0 Å². The Morgan fingerprint density at radius 1 is 1.13 bits per heavy atom. The van der Waals surface area contributed by atoms with Gasteiger partial charge in [-0.2, -0.15) is 0 Å². The average molecular weight is 400 g/mol. The maximum Gasteiger partial charge on any atom is 0.104 e. The van der Waals surface area contributed by atoms with Crippen molar-refractivity contribution in [1.82, 2.24) is 15.3 Å². The lowest BCUT2D eigenvalue weighted by Gasteiger charge is -2.23. The molecule has 2 unspecified atom stereocenters. The molecule has 1 heterocycles. The van der Waals surface area contributed by atoms with Crippen LogP contribution in [0.1, 0.15) is 55.5 Å². The summed E-state index contributed by atoms with van der Waals surface area (Å²) in [6.07, 6.45) is 6.24. The van der Waals surface area contributed by atoms with Crippen molar-refractivity contribution in [2.24, 2.45) is 5.92 Å². The molecule has 2 atom stereocenters. The van der Waals surface area contributed by atoms with E-state index in [0.717, 1.165) is 55.6 Å². The summed E-state index contributed by atoms with van der Waals surface area (Å²) in [7, 11) is 0. The molecular weight excluding hydrogens is 366 g/mol. The van der Waals surface area contributed by atoms with E-state index in [9.17, 15) is 0 Å². The molecule has 0 aliphatic heterocycles. The van der Waals surface area contributed by atoms with Crippen LogP contribution in [0.25, 0.3) is 11.0 Å². The van der Waals surface area contributed by atoms with E-state index in [1.165, 1.54) is 11.1 Å². The number of nitrogens with one attached hydrogen (secondary N) is 2. The largest absolute Gasteiger partial charge is 0.342 e. The minimum atomic E-state index is 0.439. The molecule has 3 heteroatoms. The molecule has 3 aromatic rings. The van der Waals surface area contributed by atoms with E-state index in [2.05, 4.69) is 78.1 Å². The Morgan fingerprint density at radius 3 is 2.77 bits per heavy atom. The first-order valence-corrected chi connectivity index (χ1v) is 11.0. The number of aromatic amines is 1. The number of para-hydroxylation sites is 1. The Labute approximate surface area is 181 Å². The van der Waals surface area contributed by atoms with Gasteiger partial charge in [0.05, 0.1) is 17.6 Å². The third-order valence-electron chi connectivity index (χ3n) is 5.64. The Hall–Kier alpha value is -2.83. The zero-order valence-corrected chi connectivity index (χ0v) is 18.2. The quantitative estimate of drug-likeness (QED) is 0.244. The zero-order chi connectivity index (χ0) is 21.2. The smallest absolute Gasteiger partial charge is 0.104 e. The van der Waals surface area contributed by atoms with Crippen LogP contribution in [0.15, 0.2) is 61.2 Å². The summed E-state index contributed by atoms with van der Waals surface area (Å²) in [5.74, 6) is 8.54. The third-order valence-corrected chi connectivity index (χ3v) is 5.64. The molecule has 2 aromatic carbocycles. The normalized spacial score (nSPS) is 12.9. The zero-order valence-electron chi connectivity index (χ0n) is 18.2. The number of aryl methyl sites for hydroxylation is 1. The number of rotatable bonds is 10. The lowest BCUT2D eigenvalue weighted by molar-refractivity contribution is 0.423. The molecule has 0 aliphatic carbocycles. The molecule has 0 saturated carbocycles. The van der Waals surface area contributed by atoms with Crippen LogP contribution in [-0.4, -0.2) is 16.5 Å². The number of fused-ring (bicyclic) bond motifs is 1. The first-order chi connectivity index (χ1) is 14.7. The van der Waals surface area contributed by atoms with Crippen LogP contribution in [0, 0.1) is 24.7 Å². The topological polar surface area (TPSA) is 40.7 Å². The van der Waals surface area contributed by atoms with Crippen LogP contribution >= 0.6 is 0 Å². The van der Waals surface area contributed by atoms with Gasteiger partial charge >= 0.3 is 0 Å². The third kappa shape index (κ3) is 6.08. The SMILES string of the molecule is C=CCC(c1cccc2[nH]c(C)nc12)C(C)CCCC#CCNCc1ccccc1. The van der Waals surface area contributed by atoms with E-state index in [1.807, 2.05) is 19.1 Å². The second-order valence-corrected chi connectivity index (χ2v) is 8.01. The van der Waals surface area contributed by atoms with Gasteiger partial charge in [0.15, 0.2) is 0 Å². The number of allylic oxidation sites excluding steroid dienone is 1. The summed E-state index contributed by atoms with van der Waals surface area (Å²) in [5, 5.41) is 3.38. The van der Waals surface area contributed by atoms with E-state index in [0.29, 0.717) is 11.8 Å². The lowest BCUT2D eigenvalue weighted by atomic mass is 9.81. The van der Waals surface area contributed by atoms with Crippen molar-refractivity contribution in [3.05, 3.63) is 78.1 Å². The molecule has 156 valence electrons. The van der Waals surface area contributed by atoms with Gasteiger partial charge in [0.25, 0.3) is 0 Å². The van der Waals surface area contributed by atoms with E-state index in [-0.39, 0.29) is 0 Å². The van der Waals surface area contributed by atoms with Gasteiger partial charge in [-0.1, -0.05) is 61.4 Å². The highest BCUT2D eigenvalue weighted by Crippen LogP contribution is 2.35. The predicted octanol–water partition coefficient (Wildman–Crippen LogP) is 6.13. The standard InChI is InChI=1S/C27H33N3/c1-4-13-24(25-17-12-18-26-27(25)30-22(3)29-26)21(2)14-8-5-6-11-19-28-20-23-15-9-7-10-16-23/h4,7,9-10,12,15-18,21,24,28H,1,5,8,13-14,19-20H2,2-3H3,(H,29,30). The number of H-pyrrole nitrogens is 1. The van der Waals surface area contributed by atoms with E-state index in [1.54, 1.807) is 0 Å². The molecule has 0 aliphatic rings. The Balaban J connectivity index is 1.48. The second kappa shape index (κ2) is 11.4. The van der Waals surface area contributed by atoms with Gasteiger partial charge in [0.2, 0.25) is 0 Å². The minimum Gasteiger partial charge on any atom is -0.342 e. The van der Waals surface area contributed by atoms with Crippen molar-refractivity contribution < 1.29 is 0 Å². The number of unbranched alkanes of at least 4 members (excludes halogenated alkanes) is 1. The molecule has 0 amide bonds. The highest BCUT2D eigenvalue weighted by atomic mass is 14.9. The first kappa shape index (κ1) is 21.9. The van der Waals surface area contributed by atoms with Crippen molar-refractivity contribution in [2.75, 3.05) is 6.54 Å². The molecule has 3 nitrogen and oxygen atoms in total. The first-order valence-electron chi connectivity index (χ1n) is 11.0. The monoisotopic (exact) mass is 399 g/mol. The molecule has 0 fully saturated rings. The number of imidazole rings is 1. The van der Waals surface area contributed by atoms with Crippen molar-refractivity contribution >= 4 is 11.0 Å². The van der Waals surface area contributed by atoms with Crippen LogP contribution in [0.5, 0.6) is 0 Å². The molecule has 2 N–H and O–H groups in total. The fourth-order valence-corrected chi connectivity index (χ4v) is 4.05. The summed E-state index contributed by atoms with van der Waals surface area (Å²) in [6.45, 7) is 9.97. The van der Waals surface area contributed by atoms with Gasteiger partial charge in [-0.15, -0.1) is 12.5 Å². The summed E-state index contributed by atoms with van der Waals surface area (Å²) < 4.78 is 0. The maximum atomic E-state index is 4.74. The minimum absolute atomic E-state index is 0.439. The van der Waals surface area contributed by atoms with Crippen LogP contribution in [0.2, 0.25) is 0 Å². The molecular formula is C27H33N3. The molecule has 0 saturated heterocycles. The molecule has 30 heavy (non-hydrogen) atoms. The van der Waals surface area contributed by atoms with E-state index in [4.69, 9.17) is 4.98 Å². The van der Waals surface area contributed by atoms with Gasteiger partial charge in [-0.3, -0.25) is 0 Å². The fourth-order valence-electron chi connectivity index (χ4n) is 4.05. The Bertz CT molecular complexity index is 991. The Morgan fingerprint density at radius 2 is 1.97 bits per heavy atom. The van der Waals surface area contributed by atoms with Crippen LogP contribution < -0.4 is 5.32 Å². The van der Waals surface area contributed by atoms with Gasteiger partial charge in [0.1, 0.15) is 5.82 Å². The number of aromatic nitrogens is 2. The van der Waals surface area contributed by atoms with Gasteiger partial charge in [-0.05, 0) is 55.2 Å². The highest BCUT2D eigenvalue weighted by molar-refractivity contribution is 5.79. The molecule has 0 bridgehead atoms. The number of benzene rings is 2. The maximum absolute atomic E-state index is 4.74. The molecule has 0 radical (unpaired) electrons. The van der Waals surface area contributed by atoms with Gasteiger partial charge < -0.3 is 10.3 Å². The number of nitrogens with zero attached hydrogens (tertiary/aromatic N) is 1. The van der Waals surface area contributed by atoms with Crippen LogP contribution in [0.3, 0.4) is 0 Å². The Kier molecular flexibility index (Phi) is 8.30. The van der Waals surface area contributed by atoms with Crippen molar-refractivity contribution in [3.63, 3.8) is 0 Å². The second-order valence-electron chi connectivity index (χ2n) is 8.01. The summed E-state index contributed by atoms with van der Waals surface area (Å²) in [4.78, 5) is 8.10. The lowest BCUT2D eigenvalue weighted by Crippen LogP contribution is -2.13. The highest BCUT2D eigenvalue weighted by Gasteiger charge is 2.21. The summed E-state index contributed by atoms with van der Waals surface area (Å²) in [6, 6.07) is 16.9. The van der Waals surface area contributed by atoms with Crippen LogP contribution in [0.4, 0.5) is 0 Å². The van der Waals surface area contributed by atoms with E-state index < -0.39 is 0 Å². The average Bonchev–Trinajstić information content (AvgIpc) is 3.15. The molecule has 0 spiro atoms. The summed E-state index contributed by atoms with van der Waals surface area (Å²) in [5.41, 5.74) is 4.86.